The third-order valence-corrected chi connectivity index (χ3v) is 5.04. The summed E-state index contributed by atoms with van der Waals surface area (Å²) in [5, 5.41) is 0. The van der Waals surface area contributed by atoms with Gasteiger partial charge in [-0.3, -0.25) is 14.6 Å². The van der Waals surface area contributed by atoms with Crippen LogP contribution in [0, 0.1) is 5.92 Å². The summed E-state index contributed by atoms with van der Waals surface area (Å²) >= 11 is 0. The number of Topliss-reactive ketones (excluding diaryl/α,β-unsaturated/α-hetero) is 1. The van der Waals surface area contributed by atoms with Crippen molar-refractivity contribution in [2.75, 3.05) is 6.61 Å². The fourth-order valence-electron chi connectivity index (χ4n) is 3.97. The van der Waals surface area contributed by atoms with Gasteiger partial charge in [-0.15, -0.1) is 0 Å². The molecular formula is C20H19NO4. The molecule has 1 saturated carbocycles. The minimum atomic E-state index is -0.803. The molecule has 2 aliphatic rings. The van der Waals surface area contributed by atoms with E-state index in [-0.39, 0.29) is 24.2 Å². The molecule has 4 rings (SSSR count). The first-order chi connectivity index (χ1) is 12.2. The molecule has 0 N–H and O–H groups in total. The molecule has 0 amide bonds. The lowest BCUT2D eigenvalue weighted by molar-refractivity contribution is -0.156. The zero-order valence-corrected chi connectivity index (χ0v) is 13.9. The van der Waals surface area contributed by atoms with Crippen molar-refractivity contribution < 1.29 is 19.1 Å². The predicted octanol–water partition coefficient (Wildman–Crippen LogP) is 2.86. The monoisotopic (exact) mass is 337 g/mol. The average Bonchev–Trinajstić information content (AvgIpc) is 3.03. The molecule has 1 aromatic heterocycles. The van der Waals surface area contributed by atoms with Crippen LogP contribution >= 0.6 is 0 Å². The molecule has 0 saturated heterocycles. The van der Waals surface area contributed by atoms with Gasteiger partial charge in [-0.05, 0) is 31.5 Å². The van der Waals surface area contributed by atoms with E-state index in [1.807, 2.05) is 42.5 Å². The smallest absolute Gasteiger partial charge is 0.316 e. The quantitative estimate of drug-likeness (QED) is 0.636. The van der Waals surface area contributed by atoms with Crippen LogP contribution in [0.1, 0.15) is 36.4 Å². The van der Waals surface area contributed by atoms with Crippen molar-refractivity contribution in [3.05, 3.63) is 59.9 Å². The van der Waals surface area contributed by atoms with E-state index < -0.39 is 18.0 Å². The lowest BCUT2D eigenvalue weighted by Crippen LogP contribution is -2.46. The van der Waals surface area contributed by atoms with E-state index in [4.69, 9.17) is 9.47 Å². The van der Waals surface area contributed by atoms with Crippen LogP contribution in [0.25, 0.3) is 0 Å². The number of para-hydroxylation sites is 1. The number of ketones is 1. The molecule has 4 atom stereocenters. The summed E-state index contributed by atoms with van der Waals surface area (Å²) in [6.07, 6.45) is 1.47. The molecule has 5 nitrogen and oxygen atoms in total. The van der Waals surface area contributed by atoms with Crippen LogP contribution in [-0.4, -0.2) is 29.4 Å². The van der Waals surface area contributed by atoms with Gasteiger partial charge in [0.25, 0.3) is 0 Å². The molecule has 0 spiro atoms. The summed E-state index contributed by atoms with van der Waals surface area (Å²) in [6.45, 7) is 2.00. The van der Waals surface area contributed by atoms with Crippen molar-refractivity contribution in [3.63, 3.8) is 0 Å². The highest BCUT2D eigenvalue weighted by Gasteiger charge is 2.53. The summed E-state index contributed by atoms with van der Waals surface area (Å²) in [6, 6.07) is 13.4. The maximum Gasteiger partial charge on any atom is 0.316 e. The number of carbonyl (C=O) groups is 2. The van der Waals surface area contributed by atoms with Crippen molar-refractivity contribution in [1.29, 1.82) is 0 Å². The fourth-order valence-corrected chi connectivity index (χ4v) is 3.97. The molecule has 25 heavy (non-hydrogen) atoms. The number of esters is 1. The number of pyridine rings is 1. The number of benzene rings is 1. The predicted molar refractivity (Wildman–Crippen MR) is 90.3 cm³/mol. The van der Waals surface area contributed by atoms with E-state index >= 15 is 0 Å². The van der Waals surface area contributed by atoms with Gasteiger partial charge in [0.15, 0.2) is 11.9 Å². The van der Waals surface area contributed by atoms with Gasteiger partial charge in [0.05, 0.1) is 6.61 Å². The van der Waals surface area contributed by atoms with Crippen LogP contribution in [0.2, 0.25) is 0 Å². The zero-order chi connectivity index (χ0) is 17.4. The van der Waals surface area contributed by atoms with E-state index in [0.717, 1.165) is 17.0 Å². The van der Waals surface area contributed by atoms with E-state index in [1.54, 1.807) is 13.1 Å². The standard InChI is InChI=1S/C20H19NO4/c1-2-24-20(23)14-11-13(15-8-5-6-10-21-15)17-12-7-3-4-9-16(12)25-19(17)18(14)22/h3-10,13-14,17,19H,2,11H2,1H3. The molecule has 4 unspecified atom stereocenters. The SMILES string of the molecule is CCOC(=O)C1CC(c2ccccn2)C2c3ccccc3OC2C1=O. The number of aromatic nitrogens is 1. The molecular weight excluding hydrogens is 318 g/mol. The van der Waals surface area contributed by atoms with Gasteiger partial charge in [-0.2, -0.15) is 0 Å². The van der Waals surface area contributed by atoms with Crippen LogP contribution in [-0.2, 0) is 14.3 Å². The average molecular weight is 337 g/mol. The lowest BCUT2D eigenvalue weighted by atomic mass is 9.68. The summed E-state index contributed by atoms with van der Waals surface area (Å²) in [5.74, 6) is -0.927. The molecule has 0 bridgehead atoms. The molecule has 1 fully saturated rings. The minimum absolute atomic E-state index is 0.0676. The first kappa shape index (κ1) is 15.8. The van der Waals surface area contributed by atoms with E-state index in [1.165, 1.54) is 0 Å². The summed E-state index contributed by atoms with van der Waals surface area (Å²) < 4.78 is 11.1. The molecule has 5 heteroatoms. The zero-order valence-electron chi connectivity index (χ0n) is 13.9. The van der Waals surface area contributed by atoms with E-state index in [2.05, 4.69) is 4.98 Å². The van der Waals surface area contributed by atoms with Crippen LogP contribution in [0.4, 0.5) is 0 Å². The lowest BCUT2D eigenvalue weighted by Gasteiger charge is -2.35. The van der Waals surface area contributed by atoms with Crippen LogP contribution in [0.5, 0.6) is 5.75 Å². The highest BCUT2D eigenvalue weighted by atomic mass is 16.5. The largest absolute Gasteiger partial charge is 0.482 e. The Balaban J connectivity index is 1.77. The van der Waals surface area contributed by atoms with Crippen LogP contribution in [0.3, 0.4) is 0 Å². The molecule has 128 valence electrons. The van der Waals surface area contributed by atoms with Crippen molar-refractivity contribution in [3.8, 4) is 5.75 Å². The first-order valence-electron chi connectivity index (χ1n) is 8.57. The molecule has 1 aliphatic heterocycles. The van der Waals surface area contributed by atoms with Crippen LogP contribution in [0.15, 0.2) is 48.7 Å². The summed E-state index contributed by atoms with van der Waals surface area (Å²) in [5.41, 5.74) is 1.89. The Bertz CT molecular complexity index is 804. The van der Waals surface area contributed by atoms with Crippen molar-refractivity contribution in [2.45, 2.75) is 31.3 Å². The Kier molecular flexibility index (Phi) is 3.99. The fraction of sp³-hybridized carbons (Fsp3) is 0.350. The third kappa shape index (κ3) is 2.60. The molecule has 0 radical (unpaired) electrons. The normalized spacial score (nSPS) is 27.2. The van der Waals surface area contributed by atoms with Crippen LogP contribution < -0.4 is 4.74 Å². The van der Waals surface area contributed by atoms with E-state index in [9.17, 15) is 9.59 Å². The first-order valence-corrected chi connectivity index (χ1v) is 8.57. The molecule has 1 aromatic carbocycles. The van der Waals surface area contributed by atoms with Gasteiger partial charge in [0.1, 0.15) is 11.7 Å². The molecule has 2 aromatic rings. The topological polar surface area (TPSA) is 65.5 Å². The van der Waals surface area contributed by atoms with Gasteiger partial charge in [0.2, 0.25) is 0 Å². The van der Waals surface area contributed by atoms with Crippen molar-refractivity contribution >= 4 is 11.8 Å². The Morgan fingerprint density at radius 3 is 2.80 bits per heavy atom. The second-order valence-electron chi connectivity index (χ2n) is 6.41. The summed E-state index contributed by atoms with van der Waals surface area (Å²) in [7, 11) is 0. The van der Waals surface area contributed by atoms with Gasteiger partial charge in [-0.25, -0.2) is 0 Å². The minimum Gasteiger partial charge on any atom is -0.482 e. The van der Waals surface area contributed by atoms with Gasteiger partial charge in [-0.1, -0.05) is 24.3 Å². The number of fused-ring (bicyclic) bond motifs is 3. The van der Waals surface area contributed by atoms with Crippen molar-refractivity contribution in [1.82, 2.24) is 4.98 Å². The molecule has 2 heterocycles. The van der Waals surface area contributed by atoms with Gasteiger partial charge in [0, 0.05) is 29.3 Å². The molecule has 1 aliphatic carbocycles. The highest BCUT2D eigenvalue weighted by Crippen LogP contribution is 2.52. The van der Waals surface area contributed by atoms with Gasteiger partial charge < -0.3 is 9.47 Å². The Labute approximate surface area is 146 Å². The second kappa shape index (κ2) is 6.31. The Morgan fingerprint density at radius 2 is 2.04 bits per heavy atom. The number of nitrogens with zero attached hydrogens (tertiary/aromatic N) is 1. The van der Waals surface area contributed by atoms with E-state index in [0.29, 0.717) is 6.42 Å². The number of hydrogen-bond acceptors (Lipinski definition) is 5. The van der Waals surface area contributed by atoms with Crippen molar-refractivity contribution in [2.24, 2.45) is 5.92 Å². The Hall–Kier alpha value is -2.69. The summed E-state index contributed by atoms with van der Waals surface area (Å²) in [4.78, 5) is 29.7. The maximum absolute atomic E-state index is 12.9. The number of hydrogen-bond donors (Lipinski definition) is 0. The number of carbonyl (C=O) groups excluding carboxylic acids is 2. The Morgan fingerprint density at radius 1 is 1.24 bits per heavy atom. The second-order valence-corrected chi connectivity index (χ2v) is 6.41. The van der Waals surface area contributed by atoms with Gasteiger partial charge >= 0.3 is 5.97 Å². The number of ether oxygens (including phenoxy) is 2. The number of rotatable bonds is 3. The highest BCUT2D eigenvalue weighted by molar-refractivity contribution is 6.03. The maximum atomic E-state index is 12.9. The third-order valence-electron chi connectivity index (χ3n) is 5.04.